The molecule has 2 unspecified atom stereocenters. The zero-order chi connectivity index (χ0) is 17.7. The number of hydrogen-bond acceptors (Lipinski definition) is 7. The molecule has 3 rings (SSSR count). The van der Waals surface area contributed by atoms with E-state index in [1.807, 2.05) is 0 Å². The van der Waals surface area contributed by atoms with E-state index < -0.39 is 11.9 Å². The van der Waals surface area contributed by atoms with Crippen LogP contribution in [0.2, 0.25) is 0 Å². The minimum atomic E-state index is -1.82. The summed E-state index contributed by atoms with van der Waals surface area (Å²) in [4.78, 5) is 25.1. The molecule has 24 heavy (non-hydrogen) atoms. The number of likely N-dealkylation sites (N-methyl/N-ethyl adjacent to an activating group) is 1. The normalized spacial score (nSPS) is 22.5. The van der Waals surface area contributed by atoms with E-state index in [0.29, 0.717) is 31.0 Å². The number of fused-ring (bicyclic) bond motifs is 2. The minimum absolute atomic E-state index is 0.458. The van der Waals surface area contributed by atoms with Crippen molar-refractivity contribution in [2.75, 3.05) is 20.8 Å². The van der Waals surface area contributed by atoms with Crippen molar-refractivity contribution >= 4 is 17.5 Å². The first-order chi connectivity index (χ1) is 11.4. The molecule has 9 nitrogen and oxygen atoms in total. The highest BCUT2D eigenvalue weighted by molar-refractivity contribution is 6.27. The summed E-state index contributed by atoms with van der Waals surface area (Å²) >= 11 is 0. The number of methoxy groups -OCH3 is 1. The van der Waals surface area contributed by atoms with Gasteiger partial charge in [0.05, 0.1) is 6.61 Å². The maximum absolute atomic E-state index is 9.10. The number of aromatic nitrogens is 2. The number of nitrogens with zero attached hydrogens (tertiary/aromatic N) is 3. The third-order valence-electron chi connectivity index (χ3n) is 4.24. The van der Waals surface area contributed by atoms with Gasteiger partial charge in [-0.1, -0.05) is 11.2 Å². The smallest absolute Gasteiger partial charge is 0.414 e. The highest BCUT2D eigenvalue weighted by Gasteiger charge is 2.37. The molecular weight excluding hydrogens is 318 g/mol. The lowest BCUT2D eigenvalue weighted by atomic mass is 10.0. The number of aliphatic carboxylic acids is 2. The van der Waals surface area contributed by atoms with Crippen LogP contribution in [0.25, 0.3) is 5.57 Å². The largest absolute Gasteiger partial charge is 0.473 e. The molecule has 2 aliphatic rings. The van der Waals surface area contributed by atoms with Crippen LogP contribution >= 0.6 is 0 Å². The molecule has 2 N–H and O–H groups in total. The van der Waals surface area contributed by atoms with E-state index in [2.05, 4.69) is 28.2 Å². The average molecular weight is 339 g/mol. The van der Waals surface area contributed by atoms with Crippen molar-refractivity contribution in [1.82, 2.24) is 15.0 Å². The Hall–Kier alpha value is -2.26. The third kappa shape index (κ3) is 4.18. The van der Waals surface area contributed by atoms with Crippen molar-refractivity contribution in [2.45, 2.75) is 37.8 Å². The molecule has 1 aromatic heterocycles. The van der Waals surface area contributed by atoms with Gasteiger partial charge >= 0.3 is 11.9 Å². The Kier molecular flexibility index (Phi) is 6.04. The Morgan fingerprint density at radius 2 is 2.08 bits per heavy atom. The van der Waals surface area contributed by atoms with Crippen LogP contribution in [0.1, 0.15) is 31.0 Å². The molecule has 0 aromatic carbocycles. The first kappa shape index (κ1) is 18.1. The van der Waals surface area contributed by atoms with Gasteiger partial charge in [-0.15, -0.1) is 0 Å². The molecule has 0 spiro atoms. The average Bonchev–Trinajstić information content (AvgIpc) is 3.08. The maximum atomic E-state index is 9.10. The van der Waals surface area contributed by atoms with Crippen LogP contribution in [0.15, 0.2) is 10.6 Å². The van der Waals surface area contributed by atoms with Gasteiger partial charge in [-0.3, -0.25) is 4.90 Å². The topological polar surface area (TPSA) is 126 Å². The Morgan fingerprint density at radius 3 is 2.71 bits per heavy atom. The van der Waals surface area contributed by atoms with E-state index in [-0.39, 0.29) is 0 Å². The van der Waals surface area contributed by atoms with Gasteiger partial charge in [0.25, 0.3) is 5.89 Å². The fraction of sp³-hybridized carbons (Fsp3) is 0.600. The predicted octanol–water partition coefficient (Wildman–Crippen LogP) is 0.664. The van der Waals surface area contributed by atoms with Gasteiger partial charge in [-0.2, -0.15) is 4.98 Å². The summed E-state index contributed by atoms with van der Waals surface area (Å²) in [5.74, 6) is -2.22. The second-order valence-electron chi connectivity index (χ2n) is 5.68. The van der Waals surface area contributed by atoms with Gasteiger partial charge in [0.1, 0.15) is 0 Å². The molecule has 1 aromatic rings. The van der Waals surface area contributed by atoms with Gasteiger partial charge in [-0.05, 0) is 26.3 Å². The van der Waals surface area contributed by atoms with Gasteiger partial charge in [-0.25, -0.2) is 9.59 Å². The summed E-state index contributed by atoms with van der Waals surface area (Å²) < 4.78 is 10.4. The number of hydrogen-bond donors (Lipinski definition) is 2. The van der Waals surface area contributed by atoms with Crippen LogP contribution in [0, 0.1) is 0 Å². The standard InChI is InChI=1S/C13H19N3O2.C2H2O4/c1-16-9-3-5-10(11(16)6-4-9)13-14-12(15-18-13)7-8-17-2;3-1(4)2(5)6/h5,9,11H,3-4,6-8H2,1-2H3;(H,3,4)(H,5,6). The molecule has 9 heteroatoms. The lowest BCUT2D eigenvalue weighted by Gasteiger charge is -2.29. The van der Waals surface area contributed by atoms with Crippen molar-refractivity contribution in [3.8, 4) is 0 Å². The Balaban J connectivity index is 0.000000301. The SMILES string of the molecule is COCCc1noc(C2=CCC3CCC2N3C)n1.O=C(O)C(=O)O. The van der Waals surface area contributed by atoms with E-state index in [4.69, 9.17) is 29.1 Å². The quantitative estimate of drug-likeness (QED) is 0.761. The molecule has 0 radical (unpaired) electrons. The molecule has 0 aliphatic carbocycles. The van der Waals surface area contributed by atoms with E-state index in [1.165, 1.54) is 18.4 Å². The minimum Gasteiger partial charge on any atom is -0.473 e. The molecule has 0 saturated carbocycles. The fourth-order valence-corrected chi connectivity index (χ4v) is 2.97. The predicted molar refractivity (Wildman–Crippen MR) is 82.3 cm³/mol. The van der Waals surface area contributed by atoms with Crippen LogP contribution in [-0.2, 0) is 20.7 Å². The van der Waals surface area contributed by atoms with E-state index in [9.17, 15) is 0 Å². The second kappa shape index (κ2) is 8.02. The van der Waals surface area contributed by atoms with E-state index in [0.717, 1.165) is 12.2 Å². The summed E-state index contributed by atoms with van der Waals surface area (Å²) in [5.41, 5.74) is 1.21. The lowest BCUT2D eigenvalue weighted by Crippen LogP contribution is -2.35. The molecule has 2 bridgehead atoms. The van der Waals surface area contributed by atoms with Crippen molar-refractivity contribution in [3.63, 3.8) is 0 Å². The van der Waals surface area contributed by atoms with Crippen LogP contribution < -0.4 is 0 Å². The fourth-order valence-electron chi connectivity index (χ4n) is 2.97. The summed E-state index contributed by atoms with van der Waals surface area (Å²) in [6.07, 6.45) is 6.54. The number of ether oxygens (including phenoxy) is 1. The molecular formula is C15H21N3O6. The molecule has 132 valence electrons. The number of carboxylic acids is 2. The second-order valence-corrected chi connectivity index (χ2v) is 5.68. The van der Waals surface area contributed by atoms with Gasteiger partial charge in [0.2, 0.25) is 0 Å². The zero-order valence-electron chi connectivity index (χ0n) is 13.6. The highest BCUT2D eigenvalue weighted by atomic mass is 16.5. The van der Waals surface area contributed by atoms with E-state index >= 15 is 0 Å². The highest BCUT2D eigenvalue weighted by Crippen LogP contribution is 2.38. The molecule has 2 atom stereocenters. The van der Waals surface area contributed by atoms with E-state index in [1.54, 1.807) is 7.11 Å². The van der Waals surface area contributed by atoms with Crippen molar-refractivity contribution in [1.29, 1.82) is 0 Å². The first-order valence-electron chi connectivity index (χ1n) is 7.64. The first-order valence-corrected chi connectivity index (χ1v) is 7.64. The zero-order valence-corrected chi connectivity index (χ0v) is 13.6. The molecule has 1 saturated heterocycles. The molecule has 1 fully saturated rings. The summed E-state index contributed by atoms with van der Waals surface area (Å²) in [6, 6.07) is 1.16. The third-order valence-corrected chi connectivity index (χ3v) is 4.24. The van der Waals surface area contributed by atoms with Crippen molar-refractivity contribution in [3.05, 3.63) is 17.8 Å². The monoisotopic (exact) mass is 339 g/mol. The van der Waals surface area contributed by atoms with Crippen molar-refractivity contribution in [2.24, 2.45) is 0 Å². The Bertz CT molecular complexity index is 614. The molecule has 3 heterocycles. The Morgan fingerprint density at radius 1 is 1.38 bits per heavy atom. The van der Waals surface area contributed by atoms with Crippen LogP contribution in [0.5, 0.6) is 0 Å². The summed E-state index contributed by atoms with van der Waals surface area (Å²) in [7, 11) is 3.87. The molecule has 2 aliphatic heterocycles. The lowest BCUT2D eigenvalue weighted by molar-refractivity contribution is -0.159. The van der Waals surface area contributed by atoms with Gasteiger partial charge in [0.15, 0.2) is 5.82 Å². The maximum Gasteiger partial charge on any atom is 0.414 e. The number of rotatable bonds is 4. The molecule has 0 amide bonds. The summed E-state index contributed by atoms with van der Waals surface area (Å²) in [5, 5.41) is 18.8. The van der Waals surface area contributed by atoms with Gasteiger partial charge in [0, 0.05) is 31.2 Å². The van der Waals surface area contributed by atoms with Crippen molar-refractivity contribution < 1.29 is 29.1 Å². The Labute approximate surface area is 138 Å². The number of carboxylic acid groups (broad SMARTS) is 2. The van der Waals surface area contributed by atoms with Crippen LogP contribution in [0.3, 0.4) is 0 Å². The summed E-state index contributed by atoms with van der Waals surface area (Å²) in [6.45, 7) is 0.628. The van der Waals surface area contributed by atoms with Crippen LogP contribution in [-0.4, -0.2) is 70.0 Å². The van der Waals surface area contributed by atoms with Crippen LogP contribution in [0.4, 0.5) is 0 Å². The van der Waals surface area contributed by atoms with Gasteiger partial charge < -0.3 is 19.5 Å². The number of carbonyl (C=O) groups is 2.